The van der Waals surface area contributed by atoms with Crippen LogP contribution in [0.25, 0.3) is 5.69 Å². The number of hydrogen-bond donors (Lipinski definition) is 0. The van der Waals surface area contributed by atoms with Crippen LogP contribution in [0.5, 0.6) is 5.75 Å². The predicted molar refractivity (Wildman–Crippen MR) is 115 cm³/mol. The number of carbonyl (C=O) groups excluding carboxylic acids is 1. The smallest absolute Gasteiger partial charge is 0.362 e. The second-order valence-electron chi connectivity index (χ2n) is 6.28. The average molecular weight is 483 g/mol. The Kier molecular flexibility index (Phi) is 6.68. The summed E-state index contributed by atoms with van der Waals surface area (Å²) in [6, 6.07) is 11.2. The molecule has 0 unspecified atom stereocenters. The zero-order valence-corrected chi connectivity index (χ0v) is 18.7. The highest BCUT2D eigenvalue weighted by atomic mass is 35.5. The van der Waals surface area contributed by atoms with Crippen LogP contribution in [0.2, 0.25) is 10.0 Å². The number of benzene rings is 2. The summed E-state index contributed by atoms with van der Waals surface area (Å²) in [4.78, 5) is 24.7. The molecule has 0 atom stereocenters. The minimum Gasteiger partial charge on any atom is -0.461 e. The summed E-state index contributed by atoms with van der Waals surface area (Å²) in [6.07, 6.45) is 0. The lowest BCUT2D eigenvalue weighted by atomic mass is 10.2. The molecular formula is C20H16Cl2N2O6S. The Hall–Kier alpha value is -2.88. The monoisotopic (exact) mass is 482 g/mol. The zero-order chi connectivity index (χ0) is 22.8. The molecule has 2 aromatic carbocycles. The first kappa shape index (κ1) is 22.8. The summed E-state index contributed by atoms with van der Waals surface area (Å²) < 4.78 is 36.3. The van der Waals surface area contributed by atoms with Crippen LogP contribution in [-0.2, 0) is 14.9 Å². The van der Waals surface area contributed by atoms with E-state index >= 15 is 0 Å². The van der Waals surface area contributed by atoms with E-state index in [0.717, 1.165) is 22.4 Å². The number of hydrogen-bond acceptors (Lipinski definition) is 7. The molecular weight excluding hydrogens is 467 g/mol. The minimum atomic E-state index is -4.46. The minimum absolute atomic E-state index is 0.00313. The lowest BCUT2D eigenvalue weighted by Crippen LogP contribution is -2.26. The molecule has 1 heterocycles. The van der Waals surface area contributed by atoms with Gasteiger partial charge in [0.15, 0.2) is 5.75 Å². The van der Waals surface area contributed by atoms with E-state index in [4.69, 9.17) is 32.1 Å². The standard InChI is InChI=1S/C20H16Cl2N2O6S/c1-3-29-20(26)19-17(30-31(27,28)14-8-9-15(21)16(22)10-14)11-18(25)24(23-19)13-6-4-12(2)5-7-13/h4-11H,3H2,1-2H3. The van der Waals surface area contributed by atoms with Crippen LogP contribution in [0.1, 0.15) is 23.0 Å². The molecule has 3 rings (SSSR count). The lowest BCUT2D eigenvalue weighted by Gasteiger charge is -2.13. The van der Waals surface area contributed by atoms with Gasteiger partial charge >= 0.3 is 16.1 Å². The largest absolute Gasteiger partial charge is 0.461 e. The van der Waals surface area contributed by atoms with Crippen molar-refractivity contribution in [1.29, 1.82) is 0 Å². The van der Waals surface area contributed by atoms with Crippen molar-refractivity contribution in [2.24, 2.45) is 0 Å². The average Bonchev–Trinajstić information content (AvgIpc) is 2.71. The second-order valence-corrected chi connectivity index (χ2v) is 8.64. The maximum absolute atomic E-state index is 12.7. The highest BCUT2D eigenvalue weighted by molar-refractivity contribution is 7.87. The maximum atomic E-state index is 12.7. The van der Waals surface area contributed by atoms with Gasteiger partial charge in [0.2, 0.25) is 5.69 Å². The van der Waals surface area contributed by atoms with Crippen LogP contribution in [0.3, 0.4) is 0 Å². The first-order valence-corrected chi connectivity index (χ1v) is 11.1. The third kappa shape index (κ3) is 5.07. The zero-order valence-electron chi connectivity index (χ0n) is 16.3. The van der Waals surface area contributed by atoms with Crippen LogP contribution in [0.15, 0.2) is 58.2 Å². The first-order valence-electron chi connectivity index (χ1n) is 8.90. The number of carbonyl (C=O) groups is 1. The summed E-state index contributed by atoms with van der Waals surface area (Å²) in [5, 5.41) is 4.13. The molecule has 0 spiro atoms. The molecule has 0 saturated carbocycles. The summed E-state index contributed by atoms with van der Waals surface area (Å²) in [5.74, 6) is -1.53. The maximum Gasteiger partial charge on any atom is 0.362 e. The van der Waals surface area contributed by atoms with Crippen molar-refractivity contribution in [3.8, 4) is 11.4 Å². The fourth-order valence-corrected chi connectivity index (χ4v) is 3.83. The number of ether oxygens (including phenoxy) is 1. The van der Waals surface area contributed by atoms with E-state index in [1.807, 2.05) is 6.92 Å². The number of nitrogens with zero attached hydrogens (tertiary/aromatic N) is 2. The Morgan fingerprint density at radius 1 is 1.06 bits per heavy atom. The normalized spacial score (nSPS) is 11.2. The Morgan fingerprint density at radius 2 is 1.74 bits per heavy atom. The van der Waals surface area contributed by atoms with E-state index in [2.05, 4.69) is 5.10 Å². The van der Waals surface area contributed by atoms with E-state index in [1.54, 1.807) is 31.2 Å². The SMILES string of the molecule is CCOC(=O)c1nn(-c2ccc(C)cc2)c(=O)cc1OS(=O)(=O)c1ccc(Cl)c(Cl)c1. The summed E-state index contributed by atoms with van der Waals surface area (Å²) in [5.41, 5.74) is 0.136. The summed E-state index contributed by atoms with van der Waals surface area (Å²) >= 11 is 11.7. The van der Waals surface area contributed by atoms with Gasteiger partial charge in [-0.1, -0.05) is 40.9 Å². The molecule has 0 aliphatic heterocycles. The van der Waals surface area contributed by atoms with E-state index in [9.17, 15) is 18.0 Å². The van der Waals surface area contributed by atoms with Gasteiger partial charge in [0.1, 0.15) is 4.90 Å². The molecule has 1 aromatic heterocycles. The third-order valence-electron chi connectivity index (χ3n) is 4.02. The summed E-state index contributed by atoms with van der Waals surface area (Å²) in [6.45, 7) is 3.44. The van der Waals surface area contributed by atoms with E-state index in [-0.39, 0.29) is 21.5 Å². The van der Waals surface area contributed by atoms with Crippen molar-refractivity contribution in [2.45, 2.75) is 18.7 Å². The van der Waals surface area contributed by atoms with Crippen molar-refractivity contribution < 1.29 is 22.1 Å². The number of rotatable bonds is 6. The highest BCUT2D eigenvalue weighted by Gasteiger charge is 2.26. The summed E-state index contributed by atoms with van der Waals surface area (Å²) in [7, 11) is -4.46. The molecule has 8 nitrogen and oxygen atoms in total. The predicted octanol–water partition coefficient (Wildman–Crippen LogP) is 3.79. The van der Waals surface area contributed by atoms with Gasteiger partial charge in [-0.15, -0.1) is 0 Å². The molecule has 11 heteroatoms. The fraction of sp³-hybridized carbons (Fsp3) is 0.150. The molecule has 3 aromatic rings. The second kappa shape index (κ2) is 9.09. The molecule has 0 aliphatic carbocycles. The van der Waals surface area contributed by atoms with Crippen LogP contribution >= 0.6 is 23.2 Å². The van der Waals surface area contributed by atoms with Crippen molar-refractivity contribution >= 4 is 39.3 Å². The van der Waals surface area contributed by atoms with Crippen LogP contribution in [-0.4, -0.2) is 30.8 Å². The van der Waals surface area contributed by atoms with E-state index in [1.165, 1.54) is 12.1 Å². The Balaban J connectivity index is 2.11. The Labute approximate surface area is 188 Å². The van der Waals surface area contributed by atoms with Gasteiger partial charge in [0.25, 0.3) is 5.56 Å². The van der Waals surface area contributed by atoms with Crippen LogP contribution < -0.4 is 9.74 Å². The van der Waals surface area contributed by atoms with Crippen molar-refractivity contribution in [2.75, 3.05) is 6.61 Å². The molecule has 0 radical (unpaired) electrons. The molecule has 31 heavy (non-hydrogen) atoms. The number of aromatic nitrogens is 2. The van der Waals surface area contributed by atoms with Gasteiger partial charge in [-0.3, -0.25) is 4.79 Å². The molecule has 162 valence electrons. The van der Waals surface area contributed by atoms with Crippen molar-refractivity contribution in [1.82, 2.24) is 9.78 Å². The van der Waals surface area contributed by atoms with Gasteiger partial charge in [0, 0.05) is 0 Å². The molecule has 0 aliphatic rings. The Bertz CT molecular complexity index is 1300. The van der Waals surface area contributed by atoms with Crippen LogP contribution in [0.4, 0.5) is 0 Å². The van der Waals surface area contributed by atoms with Gasteiger partial charge in [-0.25, -0.2) is 4.79 Å². The van der Waals surface area contributed by atoms with Crippen molar-refractivity contribution in [3.63, 3.8) is 0 Å². The van der Waals surface area contributed by atoms with Gasteiger partial charge in [0.05, 0.1) is 28.4 Å². The molecule has 0 bridgehead atoms. The number of aryl methyl sites for hydroxylation is 1. The molecule has 0 N–H and O–H groups in total. The lowest BCUT2D eigenvalue weighted by molar-refractivity contribution is 0.0515. The molecule has 0 saturated heterocycles. The van der Waals surface area contributed by atoms with Gasteiger partial charge in [-0.05, 0) is 44.2 Å². The van der Waals surface area contributed by atoms with Gasteiger partial charge in [-0.2, -0.15) is 18.2 Å². The number of halogens is 2. The third-order valence-corrected chi connectivity index (χ3v) is 5.99. The van der Waals surface area contributed by atoms with Gasteiger partial charge < -0.3 is 8.92 Å². The highest BCUT2D eigenvalue weighted by Crippen LogP contribution is 2.27. The van der Waals surface area contributed by atoms with Crippen LogP contribution in [0, 0.1) is 6.92 Å². The fourth-order valence-electron chi connectivity index (χ4n) is 2.51. The Morgan fingerprint density at radius 3 is 2.35 bits per heavy atom. The quantitative estimate of drug-likeness (QED) is 0.388. The van der Waals surface area contributed by atoms with E-state index < -0.39 is 33.1 Å². The molecule has 0 amide bonds. The van der Waals surface area contributed by atoms with E-state index in [0.29, 0.717) is 5.69 Å². The first-order chi connectivity index (χ1) is 14.6. The van der Waals surface area contributed by atoms with Crippen molar-refractivity contribution in [3.05, 3.63) is 80.2 Å². The number of esters is 1. The molecule has 0 fully saturated rings. The topological polar surface area (TPSA) is 105 Å².